The molecular formula is C18H24N4O5. The van der Waals surface area contributed by atoms with Crippen molar-refractivity contribution in [3.63, 3.8) is 0 Å². The molecule has 3 heterocycles. The van der Waals surface area contributed by atoms with E-state index in [9.17, 15) is 14.7 Å². The number of hydrogen-bond acceptors (Lipinski definition) is 6. The molecule has 3 N–H and O–H groups in total. The molecule has 2 saturated heterocycles. The van der Waals surface area contributed by atoms with E-state index >= 15 is 0 Å². The lowest BCUT2D eigenvalue weighted by Crippen LogP contribution is -2.45. The number of nitrogens with one attached hydrogen (secondary N) is 2. The molecule has 1 aromatic rings. The number of amides is 3. The summed E-state index contributed by atoms with van der Waals surface area (Å²) in [6.07, 6.45) is 0.386. The lowest BCUT2D eigenvalue weighted by Gasteiger charge is -2.28. The normalized spacial score (nSPS) is 26.0. The third-order valence-corrected chi connectivity index (χ3v) is 5.17. The molecule has 9 nitrogen and oxygen atoms in total. The number of aliphatic hydroxyl groups is 1. The van der Waals surface area contributed by atoms with E-state index in [1.165, 1.54) is 0 Å². The van der Waals surface area contributed by atoms with Crippen LogP contribution in [0, 0.1) is 0 Å². The Hall–Kier alpha value is -2.36. The lowest BCUT2D eigenvalue weighted by atomic mass is 10.2. The lowest BCUT2D eigenvalue weighted by molar-refractivity contribution is -0.118. The minimum Gasteiger partial charge on any atom is -0.482 e. The summed E-state index contributed by atoms with van der Waals surface area (Å²) in [7, 11) is 0. The second kappa shape index (κ2) is 7.71. The molecule has 3 aliphatic rings. The van der Waals surface area contributed by atoms with Gasteiger partial charge in [-0.3, -0.25) is 9.69 Å². The van der Waals surface area contributed by atoms with Crippen molar-refractivity contribution in [2.45, 2.75) is 18.6 Å². The number of aliphatic hydroxyl groups excluding tert-OH is 1. The van der Waals surface area contributed by atoms with Gasteiger partial charge in [0.25, 0.3) is 5.91 Å². The molecule has 27 heavy (non-hydrogen) atoms. The van der Waals surface area contributed by atoms with Gasteiger partial charge in [-0.15, -0.1) is 0 Å². The third kappa shape index (κ3) is 4.00. The maximum Gasteiger partial charge on any atom is 0.321 e. The van der Waals surface area contributed by atoms with Gasteiger partial charge in [0.15, 0.2) is 6.61 Å². The van der Waals surface area contributed by atoms with Gasteiger partial charge < -0.3 is 30.1 Å². The Balaban J connectivity index is 1.35. The van der Waals surface area contributed by atoms with Crippen molar-refractivity contribution in [2.75, 3.05) is 56.6 Å². The summed E-state index contributed by atoms with van der Waals surface area (Å²) >= 11 is 0. The van der Waals surface area contributed by atoms with Crippen molar-refractivity contribution in [1.82, 2.24) is 9.80 Å². The van der Waals surface area contributed by atoms with E-state index in [-0.39, 0.29) is 24.6 Å². The van der Waals surface area contributed by atoms with E-state index in [1.54, 1.807) is 23.1 Å². The van der Waals surface area contributed by atoms with Crippen molar-refractivity contribution in [3.05, 3.63) is 18.2 Å². The fourth-order valence-corrected chi connectivity index (χ4v) is 3.71. The molecule has 0 aromatic heterocycles. The topological polar surface area (TPSA) is 103 Å². The first-order valence-electron chi connectivity index (χ1n) is 9.22. The fraction of sp³-hybridized carbons (Fsp3) is 0.556. The Kier molecular flexibility index (Phi) is 5.15. The zero-order valence-electron chi connectivity index (χ0n) is 15.0. The standard InChI is InChI=1S/C18H24N4O5/c23-15-10-26-9-14(15)21-4-1-5-22(7-6-21)18(25)19-12-2-3-13-16(8-12)27-11-17(24)20-13/h2-3,8,14-15,23H,1,4-7,9-11H2,(H,19,25)(H,20,24)/t14-,15-/m1/s1. The minimum absolute atomic E-state index is 0.0148. The molecule has 0 saturated carbocycles. The van der Waals surface area contributed by atoms with Gasteiger partial charge in [0.2, 0.25) is 0 Å². The SMILES string of the molecule is O=C1COc2cc(NC(=O)N3CCCN([C@@H]4COC[C@H]4O)CC3)ccc2N1. The number of hydrogen-bond donors (Lipinski definition) is 3. The van der Waals surface area contributed by atoms with E-state index in [0.29, 0.717) is 50.0 Å². The van der Waals surface area contributed by atoms with Crippen LogP contribution in [0.15, 0.2) is 18.2 Å². The number of rotatable bonds is 2. The smallest absolute Gasteiger partial charge is 0.321 e. The van der Waals surface area contributed by atoms with E-state index in [4.69, 9.17) is 9.47 Å². The number of nitrogens with zero attached hydrogens (tertiary/aromatic N) is 2. The predicted molar refractivity (Wildman–Crippen MR) is 98.0 cm³/mol. The second-order valence-electron chi connectivity index (χ2n) is 7.03. The largest absolute Gasteiger partial charge is 0.482 e. The Morgan fingerprint density at radius 3 is 2.93 bits per heavy atom. The zero-order chi connectivity index (χ0) is 18.8. The summed E-state index contributed by atoms with van der Waals surface area (Å²) in [5, 5.41) is 15.6. The molecule has 0 aliphatic carbocycles. The molecule has 0 bridgehead atoms. The van der Waals surface area contributed by atoms with Crippen LogP contribution in [0.2, 0.25) is 0 Å². The van der Waals surface area contributed by atoms with Crippen LogP contribution in [-0.2, 0) is 9.53 Å². The number of fused-ring (bicyclic) bond motifs is 1. The van der Waals surface area contributed by atoms with Crippen molar-refractivity contribution in [1.29, 1.82) is 0 Å². The molecule has 146 valence electrons. The molecule has 3 aliphatic heterocycles. The molecule has 4 rings (SSSR count). The highest BCUT2D eigenvalue weighted by molar-refractivity contribution is 5.96. The summed E-state index contributed by atoms with van der Waals surface area (Å²) in [5.74, 6) is 0.357. The monoisotopic (exact) mass is 376 g/mol. The highest BCUT2D eigenvalue weighted by atomic mass is 16.5. The Labute approximate surface area is 157 Å². The molecule has 3 amide bonds. The average Bonchev–Trinajstić information content (AvgIpc) is 2.93. The first kappa shape index (κ1) is 18.0. The van der Waals surface area contributed by atoms with Crippen LogP contribution in [0.4, 0.5) is 16.2 Å². The molecule has 0 unspecified atom stereocenters. The van der Waals surface area contributed by atoms with E-state index in [2.05, 4.69) is 15.5 Å². The summed E-state index contributed by atoms with van der Waals surface area (Å²) in [6, 6.07) is 5.01. The average molecular weight is 376 g/mol. The van der Waals surface area contributed by atoms with Gasteiger partial charge in [-0.1, -0.05) is 0 Å². The molecule has 0 radical (unpaired) electrons. The number of anilines is 2. The first-order chi connectivity index (χ1) is 13.1. The second-order valence-corrected chi connectivity index (χ2v) is 7.03. The first-order valence-corrected chi connectivity index (χ1v) is 9.22. The highest BCUT2D eigenvalue weighted by Crippen LogP contribution is 2.30. The van der Waals surface area contributed by atoms with Gasteiger partial charge in [0.1, 0.15) is 5.75 Å². The van der Waals surface area contributed by atoms with Crippen molar-refractivity contribution >= 4 is 23.3 Å². The number of benzene rings is 1. The number of carbonyl (C=O) groups is 2. The zero-order valence-corrected chi connectivity index (χ0v) is 15.0. The van der Waals surface area contributed by atoms with Gasteiger partial charge in [-0.05, 0) is 18.6 Å². The summed E-state index contributed by atoms with van der Waals surface area (Å²) < 4.78 is 10.7. The van der Waals surface area contributed by atoms with Crippen molar-refractivity contribution in [2.24, 2.45) is 0 Å². The Morgan fingerprint density at radius 1 is 1.22 bits per heavy atom. The summed E-state index contributed by atoms with van der Waals surface area (Å²) in [4.78, 5) is 28.0. The van der Waals surface area contributed by atoms with Crippen molar-refractivity contribution in [3.8, 4) is 5.75 Å². The molecule has 0 spiro atoms. The van der Waals surface area contributed by atoms with Crippen LogP contribution in [0.25, 0.3) is 0 Å². The fourth-order valence-electron chi connectivity index (χ4n) is 3.71. The van der Waals surface area contributed by atoms with Gasteiger partial charge >= 0.3 is 6.03 Å². The highest BCUT2D eigenvalue weighted by Gasteiger charge is 2.33. The van der Waals surface area contributed by atoms with Crippen LogP contribution < -0.4 is 15.4 Å². The van der Waals surface area contributed by atoms with E-state index in [1.807, 2.05) is 0 Å². The van der Waals surface area contributed by atoms with Crippen LogP contribution >= 0.6 is 0 Å². The number of ether oxygens (including phenoxy) is 2. The number of urea groups is 1. The molecule has 1 aromatic carbocycles. The Morgan fingerprint density at radius 2 is 2.11 bits per heavy atom. The van der Waals surface area contributed by atoms with Crippen LogP contribution in [-0.4, -0.2) is 85.0 Å². The maximum atomic E-state index is 12.6. The maximum absolute atomic E-state index is 12.6. The minimum atomic E-state index is -0.457. The molecular weight excluding hydrogens is 352 g/mol. The molecule has 2 fully saturated rings. The van der Waals surface area contributed by atoms with Gasteiger partial charge in [0, 0.05) is 37.9 Å². The summed E-state index contributed by atoms with van der Waals surface area (Å²) in [6.45, 7) is 3.68. The quantitative estimate of drug-likeness (QED) is 0.687. The summed E-state index contributed by atoms with van der Waals surface area (Å²) in [5.41, 5.74) is 1.22. The van der Waals surface area contributed by atoms with Crippen LogP contribution in [0.1, 0.15) is 6.42 Å². The number of carbonyl (C=O) groups excluding carboxylic acids is 2. The van der Waals surface area contributed by atoms with Gasteiger partial charge in [0.05, 0.1) is 31.0 Å². The van der Waals surface area contributed by atoms with Crippen LogP contribution in [0.3, 0.4) is 0 Å². The van der Waals surface area contributed by atoms with E-state index in [0.717, 1.165) is 13.0 Å². The van der Waals surface area contributed by atoms with Gasteiger partial charge in [-0.25, -0.2) is 4.79 Å². The molecule has 9 heteroatoms. The molecule has 2 atom stereocenters. The van der Waals surface area contributed by atoms with Crippen LogP contribution in [0.5, 0.6) is 5.75 Å². The van der Waals surface area contributed by atoms with E-state index < -0.39 is 6.10 Å². The van der Waals surface area contributed by atoms with Gasteiger partial charge in [-0.2, -0.15) is 0 Å². The van der Waals surface area contributed by atoms with Crippen molar-refractivity contribution < 1.29 is 24.2 Å². The Bertz CT molecular complexity index is 728. The predicted octanol–water partition coefficient (Wildman–Crippen LogP) is 0.317. The third-order valence-electron chi connectivity index (χ3n) is 5.17.